The van der Waals surface area contributed by atoms with Crippen molar-refractivity contribution in [2.75, 3.05) is 39.8 Å². The monoisotopic (exact) mass is 467 g/mol. The average molecular weight is 468 g/mol. The molecule has 3 aromatic rings. The number of aromatic nitrogens is 1. The smallest absolute Gasteiger partial charge is 0.273 e. The van der Waals surface area contributed by atoms with Gasteiger partial charge >= 0.3 is 0 Å². The van der Waals surface area contributed by atoms with E-state index in [2.05, 4.69) is 16.5 Å². The van der Waals surface area contributed by atoms with Crippen molar-refractivity contribution in [3.63, 3.8) is 0 Å². The van der Waals surface area contributed by atoms with Crippen molar-refractivity contribution in [3.05, 3.63) is 77.6 Å². The van der Waals surface area contributed by atoms with Crippen LogP contribution in [0, 0.1) is 5.82 Å². The number of amides is 1. The second-order valence-corrected chi connectivity index (χ2v) is 8.52. The van der Waals surface area contributed by atoms with E-state index >= 15 is 0 Å². The lowest BCUT2D eigenvalue weighted by molar-refractivity contribution is 0.0645. The van der Waals surface area contributed by atoms with Crippen LogP contribution in [0.1, 0.15) is 16.1 Å². The number of benzene rings is 2. The van der Waals surface area contributed by atoms with Gasteiger partial charge in [-0.3, -0.25) is 9.69 Å². The van der Waals surface area contributed by atoms with E-state index in [1.165, 1.54) is 17.4 Å². The van der Waals surface area contributed by atoms with Crippen LogP contribution in [0.2, 0.25) is 0 Å². The molecule has 0 bridgehead atoms. The summed E-state index contributed by atoms with van der Waals surface area (Å²) in [7, 11) is 1.55. The van der Waals surface area contributed by atoms with Crippen molar-refractivity contribution in [2.45, 2.75) is 6.61 Å². The Balaban J connectivity index is 1.44. The average Bonchev–Trinajstić information content (AvgIpc) is 3.34. The largest absolute Gasteiger partial charge is 0.493 e. The van der Waals surface area contributed by atoms with Gasteiger partial charge in [0.25, 0.3) is 5.91 Å². The summed E-state index contributed by atoms with van der Waals surface area (Å²) in [5, 5.41) is 2.52. The summed E-state index contributed by atoms with van der Waals surface area (Å²) >= 11 is 1.41. The molecule has 0 radical (unpaired) electrons. The number of hydrogen-bond donors (Lipinski definition) is 0. The Bertz CT molecular complexity index is 1130. The van der Waals surface area contributed by atoms with Gasteiger partial charge < -0.3 is 14.4 Å². The van der Waals surface area contributed by atoms with Gasteiger partial charge in [-0.15, -0.1) is 17.9 Å². The van der Waals surface area contributed by atoms with E-state index in [9.17, 15) is 9.18 Å². The van der Waals surface area contributed by atoms with Gasteiger partial charge in [-0.25, -0.2) is 9.37 Å². The second kappa shape index (κ2) is 10.6. The summed E-state index contributed by atoms with van der Waals surface area (Å²) in [5.41, 5.74) is 1.74. The highest BCUT2D eigenvalue weighted by atomic mass is 32.1. The summed E-state index contributed by atoms with van der Waals surface area (Å²) in [6.07, 6.45) is 1.88. The molecule has 172 valence electrons. The Morgan fingerprint density at radius 3 is 2.70 bits per heavy atom. The zero-order valence-electron chi connectivity index (χ0n) is 18.5. The molecule has 0 atom stereocenters. The maximum Gasteiger partial charge on any atom is 0.273 e. The predicted octanol–water partition coefficient (Wildman–Crippen LogP) is 4.48. The lowest BCUT2D eigenvalue weighted by Gasteiger charge is -2.33. The second-order valence-electron chi connectivity index (χ2n) is 7.67. The summed E-state index contributed by atoms with van der Waals surface area (Å²) < 4.78 is 25.1. The van der Waals surface area contributed by atoms with Crippen LogP contribution >= 0.6 is 11.3 Å². The molecule has 0 aliphatic carbocycles. The first-order valence-electron chi connectivity index (χ1n) is 10.7. The van der Waals surface area contributed by atoms with Gasteiger partial charge in [-0.05, 0) is 24.3 Å². The molecule has 33 heavy (non-hydrogen) atoms. The molecule has 6 nitrogen and oxygen atoms in total. The molecule has 1 fully saturated rings. The van der Waals surface area contributed by atoms with Gasteiger partial charge in [-0.2, -0.15) is 0 Å². The standard InChI is InChI=1S/C25H26FN3O3S/c1-3-10-28-11-13-29(14-12-28)25(30)21-17-33-24(27-21)18-8-9-22(23(15-18)31-2)32-16-19-6-4-5-7-20(19)26/h3-9,15,17H,1,10-14,16H2,2H3. The Hall–Kier alpha value is -3.23. The van der Waals surface area contributed by atoms with Gasteiger partial charge in [-0.1, -0.05) is 24.3 Å². The van der Waals surface area contributed by atoms with Crippen molar-refractivity contribution in [3.8, 4) is 22.1 Å². The fourth-order valence-corrected chi connectivity index (χ4v) is 4.46. The zero-order valence-corrected chi connectivity index (χ0v) is 19.3. The summed E-state index contributed by atoms with van der Waals surface area (Å²) in [5.74, 6) is 0.669. The number of hydrogen-bond acceptors (Lipinski definition) is 6. The molecule has 1 aliphatic rings. The van der Waals surface area contributed by atoms with Crippen LogP contribution in [0.5, 0.6) is 11.5 Å². The summed E-state index contributed by atoms with van der Waals surface area (Å²) in [4.78, 5) is 21.6. The van der Waals surface area contributed by atoms with Gasteiger partial charge in [0.1, 0.15) is 23.1 Å². The van der Waals surface area contributed by atoms with Gasteiger partial charge in [0.05, 0.1) is 7.11 Å². The number of nitrogens with zero attached hydrogens (tertiary/aromatic N) is 3. The van der Waals surface area contributed by atoms with Crippen LogP contribution in [0.3, 0.4) is 0 Å². The maximum atomic E-state index is 13.9. The molecular formula is C25H26FN3O3S. The van der Waals surface area contributed by atoms with Crippen LogP contribution in [0.15, 0.2) is 60.5 Å². The SMILES string of the molecule is C=CCN1CCN(C(=O)c2csc(-c3ccc(OCc4ccccc4F)c(OC)c3)n2)CC1. The summed E-state index contributed by atoms with van der Waals surface area (Å²) in [6.45, 7) is 7.74. The molecule has 8 heteroatoms. The number of methoxy groups -OCH3 is 1. The fraction of sp³-hybridized carbons (Fsp3) is 0.280. The summed E-state index contributed by atoms with van der Waals surface area (Å²) in [6, 6.07) is 12.0. The first-order valence-corrected chi connectivity index (χ1v) is 11.6. The third kappa shape index (κ3) is 5.40. The molecule has 1 saturated heterocycles. The Labute approximate surface area is 196 Å². The molecule has 2 heterocycles. The molecule has 2 aromatic carbocycles. The van der Waals surface area contributed by atoms with E-state index < -0.39 is 0 Å². The lowest BCUT2D eigenvalue weighted by Crippen LogP contribution is -2.48. The highest BCUT2D eigenvalue weighted by molar-refractivity contribution is 7.13. The molecular weight excluding hydrogens is 441 g/mol. The highest BCUT2D eigenvalue weighted by Gasteiger charge is 2.23. The molecule has 1 aromatic heterocycles. The van der Waals surface area contributed by atoms with Crippen molar-refractivity contribution < 1.29 is 18.7 Å². The normalized spacial score (nSPS) is 14.2. The number of halogens is 1. The number of rotatable bonds is 8. The number of thiazole rings is 1. The van der Waals surface area contributed by atoms with E-state index in [4.69, 9.17) is 9.47 Å². The van der Waals surface area contributed by atoms with Crippen molar-refractivity contribution in [1.82, 2.24) is 14.8 Å². The minimum Gasteiger partial charge on any atom is -0.493 e. The van der Waals surface area contributed by atoms with Gasteiger partial charge in [0.15, 0.2) is 11.5 Å². The quantitative estimate of drug-likeness (QED) is 0.457. The fourth-order valence-electron chi connectivity index (χ4n) is 3.67. The van der Waals surface area contributed by atoms with Gasteiger partial charge in [0, 0.05) is 49.2 Å². The van der Waals surface area contributed by atoms with Crippen LogP contribution in [0.4, 0.5) is 4.39 Å². The number of carbonyl (C=O) groups excluding carboxylic acids is 1. The number of carbonyl (C=O) groups is 1. The lowest BCUT2D eigenvalue weighted by atomic mass is 10.2. The Morgan fingerprint density at radius 1 is 1.18 bits per heavy atom. The highest BCUT2D eigenvalue weighted by Crippen LogP contribution is 2.34. The minimum absolute atomic E-state index is 0.0486. The van der Waals surface area contributed by atoms with Crippen molar-refractivity contribution >= 4 is 17.2 Å². The first-order chi connectivity index (χ1) is 16.1. The van der Waals surface area contributed by atoms with Crippen molar-refractivity contribution in [1.29, 1.82) is 0 Å². The van der Waals surface area contributed by atoms with Crippen LogP contribution in [0.25, 0.3) is 10.6 Å². The number of ether oxygens (including phenoxy) is 2. The van der Waals surface area contributed by atoms with E-state index in [0.29, 0.717) is 35.8 Å². The van der Waals surface area contributed by atoms with Crippen LogP contribution < -0.4 is 9.47 Å². The minimum atomic E-state index is -0.310. The maximum absolute atomic E-state index is 13.9. The Kier molecular flexibility index (Phi) is 7.36. The molecule has 4 rings (SSSR count). The third-order valence-electron chi connectivity index (χ3n) is 5.52. The third-order valence-corrected chi connectivity index (χ3v) is 6.41. The van der Waals surface area contributed by atoms with E-state index in [1.807, 2.05) is 23.1 Å². The predicted molar refractivity (Wildman–Crippen MR) is 127 cm³/mol. The molecule has 1 amide bonds. The Morgan fingerprint density at radius 2 is 1.97 bits per heavy atom. The van der Waals surface area contributed by atoms with Crippen LogP contribution in [-0.4, -0.2) is 60.5 Å². The van der Waals surface area contributed by atoms with E-state index in [1.54, 1.807) is 36.8 Å². The molecule has 1 aliphatic heterocycles. The first kappa shape index (κ1) is 22.9. The number of piperazine rings is 1. The molecule has 0 saturated carbocycles. The zero-order chi connectivity index (χ0) is 23.2. The van der Waals surface area contributed by atoms with Gasteiger partial charge in [0.2, 0.25) is 0 Å². The van der Waals surface area contributed by atoms with Crippen molar-refractivity contribution in [2.24, 2.45) is 0 Å². The molecule has 0 N–H and O–H groups in total. The van der Waals surface area contributed by atoms with E-state index in [0.717, 1.165) is 30.2 Å². The van der Waals surface area contributed by atoms with E-state index in [-0.39, 0.29) is 18.3 Å². The molecule has 0 unspecified atom stereocenters. The van der Waals surface area contributed by atoms with Crippen LogP contribution in [-0.2, 0) is 6.61 Å². The topological polar surface area (TPSA) is 54.9 Å². The molecule has 0 spiro atoms.